The molecule has 35 heavy (non-hydrogen) atoms. The Labute approximate surface area is 209 Å². The van der Waals surface area contributed by atoms with Crippen LogP contribution in [0, 0.1) is 5.92 Å². The Bertz CT molecular complexity index is 884. The highest BCUT2D eigenvalue weighted by Gasteiger charge is 2.32. The molecule has 0 radical (unpaired) electrons. The Hall–Kier alpha value is -3.12. The fraction of sp³-hybridized carbons (Fsp3) is 0.522. The number of carbonyl (C=O) groups excluding carboxylic acids is 3. The van der Waals surface area contributed by atoms with Crippen molar-refractivity contribution in [2.24, 2.45) is 11.7 Å². The Morgan fingerprint density at radius 2 is 1.54 bits per heavy atom. The molecule has 1 aromatic rings. The predicted molar refractivity (Wildman–Crippen MR) is 132 cm³/mol. The Kier molecular flexibility index (Phi) is 12.8. The lowest BCUT2D eigenvalue weighted by Gasteiger charge is -2.27. The molecule has 0 aromatic heterocycles. The lowest BCUT2D eigenvalue weighted by Crippen LogP contribution is -2.59. The van der Waals surface area contributed by atoms with Gasteiger partial charge in [0.2, 0.25) is 17.7 Å². The quantitative estimate of drug-likeness (QED) is 0.160. The van der Waals surface area contributed by atoms with Crippen LogP contribution in [0.1, 0.15) is 38.7 Å². The number of aliphatic carboxylic acids is 2. The highest BCUT2D eigenvalue weighted by Crippen LogP contribution is 2.11. The van der Waals surface area contributed by atoms with Gasteiger partial charge in [0.15, 0.2) is 0 Å². The Balaban J connectivity index is 2.89. The smallest absolute Gasteiger partial charge is 0.326 e. The summed E-state index contributed by atoms with van der Waals surface area (Å²) in [7, 11) is 0. The van der Waals surface area contributed by atoms with Crippen molar-refractivity contribution in [3.8, 4) is 0 Å². The molecule has 0 spiro atoms. The number of rotatable bonds is 15. The average molecular weight is 511 g/mol. The third-order valence-corrected chi connectivity index (χ3v) is 5.88. The van der Waals surface area contributed by atoms with Crippen LogP contribution in [0.15, 0.2) is 30.3 Å². The fourth-order valence-electron chi connectivity index (χ4n) is 3.15. The van der Waals surface area contributed by atoms with Gasteiger partial charge in [-0.05, 0) is 17.9 Å². The Morgan fingerprint density at radius 1 is 0.943 bits per heavy atom. The van der Waals surface area contributed by atoms with Crippen LogP contribution >= 0.6 is 12.6 Å². The standard InChI is InChI=1S/C23H34N4O7S/c1-3-13(2)19(22(32)25-16(23(33)34)11-14-7-5-4-6-8-14)27-21(31)17(12-35)26-20(30)15(24)9-10-18(28)29/h4-8,13,15-17,19,35H,3,9-12,24H2,1-2H3,(H,25,32)(H,26,30)(H,27,31)(H,28,29)(H,33,34). The summed E-state index contributed by atoms with van der Waals surface area (Å²) in [5.41, 5.74) is 6.41. The van der Waals surface area contributed by atoms with Gasteiger partial charge in [-0.1, -0.05) is 50.6 Å². The zero-order chi connectivity index (χ0) is 26.5. The molecule has 5 atom stereocenters. The molecule has 0 fully saturated rings. The van der Waals surface area contributed by atoms with E-state index in [0.717, 1.165) is 5.56 Å². The van der Waals surface area contributed by atoms with E-state index in [-0.39, 0.29) is 30.9 Å². The molecule has 194 valence electrons. The van der Waals surface area contributed by atoms with Gasteiger partial charge in [-0.2, -0.15) is 12.6 Å². The summed E-state index contributed by atoms with van der Waals surface area (Å²) in [6.45, 7) is 3.54. The number of nitrogens with two attached hydrogens (primary N) is 1. The molecule has 3 amide bonds. The average Bonchev–Trinajstić information content (AvgIpc) is 2.83. The van der Waals surface area contributed by atoms with E-state index in [0.29, 0.717) is 6.42 Å². The molecule has 11 nitrogen and oxygen atoms in total. The van der Waals surface area contributed by atoms with Crippen molar-refractivity contribution < 1.29 is 34.2 Å². The molecule has 0 saturated carbocycles. The van der Waals surface area contributed by atoms with Gasteiger partial charge in [-0.15, -0.1) is 0 Å². The van der Waals surface area contributed by atoms with E-state index < -0.39 is 53.8 Å². The molecule has 0 aliphatic carbocycles. The molecular weight excluding hydrogens is 476 g/mol. The third kappa shape index (κ3) is 10.4. The van der Waals surface area contributed by atoms with Crippen molar-refractivity contribution >= 4 is 42.3 Å². The van der Waals surface area contributed by atoms with E-state index in [1.54, 1.807) is 37.3 Å². The largest absolute Gasteiger partial charge is 0.481 e. The van der Waals surface area contributed by atoms with Crippen LogP contribution < -0.4 is 21.7 Å². The summed E-state index contributed by atoms with van der Waals surface area (Å²) in [4.78, 5) is 60.5. The van der Waals surface area contributed by atoms with Crippen LogP contribution in [0.2, 0.25) is 0 Å². The second kappa shape index (κ2) is 15.0. The third-order valence-electron chi connectivity index (χ3n) is 5.51. The molecule has 0 bridgehead atoms. The van der Waals surface area contributed by atoms with Gasteiger partial charge in [0.05, 0.1) is 6.04 Å². The van der Waals surface area contributed by atoms with E-state index in [4.69, 9.17) is 10.8 Å². The van der Waals surface area contributed by atoms with Crippen LogP contribution in [0.25, 0.3) is 0 Å². The van der Waals surface area contributed by atoms with Crippen LogP contribution in [-0.2, 0) is 30.4 Å². The van der Waals surface area contributed by atoms with Gasteiger partial charge >= 0.3 is 11.9 Å². The maximum absolute atomic E-state index is 13.0. The predicted octanol–water partition coefficient (Wildman–Crippen LogP) is -0.0639. The highest BCUT2D eigenvalue weighted by molar-refractivity contribution is 7.80. The van der Waals surface area contributed by atoms with Crippen molar-refractivity contribution in [2.75, 3.05) is 5.75 Å². The van der Waals surface area contributed by atoms with Gasteiger partial charge in [0, 0.05) is 18.6 Å². The number of thiol groups is 1. The molecule has 0 aliphatic rings. The van der Waals surface area contributed by atoms with Gasteiger partial charge < -0.3 is 31.9 Å². The summed E-state index contributed by atoms with van der Waals surface area (Å²) >= 11 is 4.08. The molecular formula is C23H34N4O7S. The number of hydrogen-bond acceptors (Lipinski definition) is 7. The van der Waals surface area contributed by atoms with E-state index in [9.17, 15) is 29.1 Å². The first-order chi connectivity index (χ1) is 16.5. The summed E-state index contributed by atoms with van der Waals surface area (Å²) < 4.78 is 0. The van der Waals surface area contributed by atoms with Crippen LogP contribution in [0.5, 0.6) is 0 Å². The molecule has 0 aliphatic heterocycles. The molecule has 0 saturated heterocycles. The first-order valence-electron chi connectivity index (χ1n) is 11.3. The van der Waals surface area contributed by atoms with Crippen LogP contribution in [0.4, 0.5) is 0 Å². The van der Waals surface area contributed by atoms with E-state index >= 15 is 0 Å². The number of carboxylic acid groups (broad SMARTS) is 2. The van der Waals surface area contributed by atoms with Gasteiger partial charge in [0.1, 0.15) is 18.1 Å². The van der Waals surface area contributed by atoms with Crippen molar-refractivity contribution in [1.29, 1.82) is 0 Å². The lowest BCUT2D eigenvalue weighted by atomic mass is 9.97. The second-order valence-electron chi connectivity index (χ2n) is 8.24. The van der Waals surface area contributed by atoms with Crippen LogP contribution in [0.3, 0.4) is 0 Å². The highest BCUT2D eigenvalue weighted by atomic mass is 32.1. The molecule has 5 unspecified atom stereocenters. The SMILES string of the molecule is CCC(C)C(NC(=O)C(CS)NC(=O)C(N)CCC(=O)O)C(=O)NC(Cc1ccccc1)C(=O)O. The van der Waals surface area contributed by atoms with Crippen molar-refractivity contribution in [2.45, 2.75) is 63.7 Å². The van der Waals surface area contributed by atoms with E-state index in [1.807, 2.05) is 6.92 Å². The first kappa shape index (κ1) is 29.9. The molecule has 0 heterocycles. The lowest BCUT2D eigenvalue weighted by molar-refractivity contribution is -0.142. The maximum Gasteiger partial charge on any atom is 0.326 e. The first-order valence-corrected chi connectivity index (χ1v) is 11.9. The number of carbonyl (C=O) groups is 5. The second-order valence-corrected chi connectivity index (χ2v) is 8.61. The molecule has 12 heteroatoms. The summed E-state index contributed by atoms with van der Waals surface area (Å²) in [6, 6.07) is 4.27. The number of hydrogen-bond donors (Lipinski definition) is 7. The van der Waals surface area contributed by atoms with Gasteiger partial charge in [0.25, 0.3) is 0 Å². The van der Waals surface area contributed by atoms with Gasteiger partial charge in [-0.3, -0.25) is 19.2 Å². The van der Waals surface area contributed by atoms with Crippen molar-refractivity contribution in [3.05, 3.63) is 35.9 Å². The minimum Gasteiger partial charge on any atom is -0.481 e. The summed E-state index contributed by atoms with van der Waals surface area (Å²) in [5, 5.41) is 25.8. The van der Waals surface area contributed by atoms with Gasteiger partial charge in [-0.25, -0.2) is 4.79 Å². The zero-order valence-corrected chi connectivity index (χ0v) is 20.7. The summed E-state index contributed by atoms with van der Waals surface area (Å²) in [5.74, 6) is -4.87. The van der Waals surface area contributed by atoms with Crippen molar-refractivity contribution in [1.82, 2.24) is 16.0 Å². The van der Waals surface area contributed by atoms with E-state index in [1.165, 1.54) is 0 Å². The number of carboxylic acids is 2. The Morgan fingerprint density at radius 3 is 2.06 bits per heavy atom. The van der Waals surface area contributed by atoms with Crippen LogP contribution in [-0.4, -0.2) is 69.8 Å². The normalized spacial score (nSPS) is 15.1. The number of nitrogens with one attached hydrogen (secondary N) is 3. The topological polar surface area (TPSA) is 188 Å². The molecule has 1 rings (SSSR count). The minimum absolute atomic E-state index is 0.0621. The fourth-order valence-corrected chi connectivity index (χ4v) is 3.41. The number of benzene rings is 1. The number of amides is 3. The molecule has 7 N–H and O–H groups in total. The maximum atomic E-state index is 13.0. The van der Waals surface area contributed by atoms with E-state index in [2.05, 4.69) is 28.6 Å². The monoisotopic (exact) mass is 510 g/mol. The summed E-state index contributed by atoms with van der Waals surface area (Å²) in [6.07, 6.45) is 0.146. The van der Waals surface area contributed by atoms with Crippen molar-refractivity contribution in [3.63, 3.8) is 0 Å². The minimum atomic E-state index is -1.22. The zero-order valence-electron chi connectivity index (χ0n) is 19.8. The molecule has 1 aromatic carbocycles.